The highest BCUT2D eigenvalue weighted by atomic mass is 16.4. The second-order valence-corrected chi connectivity index (χ2v) is 3.59. The van der Waals surface area contributed by atoms with Crippen molar-refractivity contribution >= 4 is 17.9 Å². The maximum atomic E-state index is 9.37. The van der Waals surface area contributed by atoms with Crippen LogP contribution >= 0.6 is 0 Å². The first-order valence-corrected chi connectivity index (χ1v) is 5.44. The van der Waals surface area contributed by atoms with Gasteiger partial charge >= 0.3 is 7.40 Å². The van der Waals surface area contributed by atoms with Crippen LogP contribution in [0.3, 0.4) is 0 Å². The van der Waals surface area contributed by atoms with E-state index in [4.69, 9.17) is 10.5 Å². The Morgan fingerprint density at radius 3 is 1.33 bits per heavy atom. The van der Waals surface area contributed by atoms with E-state index >= 15 is 0 Å². The van der Waals surface area contributed by atoms with E-state index in [2.05, 4.69) is 0 Å². The normalized spacial score (nSPS) is 7.89. The standard InChI is InChI=1S/C5H13N3.2C3H6O2/c1-7(2)5(6)8(3)4;2*1-2-3(4)5/h6H,1-4H3;2*2H2,1H3,(H,4,5). The number of rotatable bonds is 2. The molecule has 0 aliphatic rings. The average Bonchev–Trinajstić information content (AvgIpc) is 2.29. The predicted molar refractivity (Wildman–Crippen MR) is 69.4 cm³/mol. The quantitative estimate of drug-likeness (QED) is 0.527. The Labute approximate surface area is 110 Å². The first kappa shape index (κ1) is 21.5. The molecule has 0 unspecified atom stereocenters. The Hall–Kier alpha value is -1.79. The molecule has 0 radical (unpaired) electrons. The molecular weight excluding hydrogens is 238 g/mol. The number of nitrogens with one attached hydrogen (secondary N) is 1. The minimum Gasteiger partial charge on any atom is -0.550 e. The van der Waals surface area contributed by atoms with Gasteiger partial charge in [-0.1, -0.05) is 13.8 Å². The predicted octanol–water partition coefficient (Wildman–Crippen LogP) is -0.216. The van der Waals surface area contributed by atoms with E-state index in [1.165, 1.54) is 6.92 Å². The minimum absolute atomic E-state index is 0. The van der Waals surface area contributed by atoms with E-state index in [1.54, 1.807) is 16.7 Å². The first-order chi connectivity index (χ1) is 8.09. The van der Waals surface area contributed by atoms with Crippen LogP contribution in [-0.4, -0.2) is 61.0 Å². The molecule has 0 bridgehead atoms. The second kappa shape index (κ2) is 13.3. The van der Waals surface area contributed by atoms with Gasteiger partial charge in [0.05, 0.1) is 0 Å². The van der Waals surface area contributed by atoms with Crippen molar-refractivity contribution in [3.05, 3.63) is 0 Å². The summed E-state index contributed by atoms with van der Waals surface area (Å²) in [4.78, 5) is 22.1. The molecule has 0 saturated heterocycles. The van der Waals surface area contributed by atoms with Crippen molar-refractivity contribution in [2.45, 2.75) is 26.7 Å². The molecule has 0 aromatic heterocycles. The Balaban J connectivity index is -0.0000000906. The molecule has 7 heteroatoms. The van der Waals surface area contributed by atoms with Crippen LogP contribution in [0.4, 0.5) is 0 Å². The summed E-state index contributed by atoms with van der Waals surface area (Å²) >= 11 is 0. The number of carbonyl (C=O) groups excluding carboxylic acids is 1. The third-order valence-corrected chi connectivity index (χ3v) is 1.44. The molecule has 0 spiro atoms. The summed E-state index contributed by atoms with van der Waals surface area (Å²) in [7, 11) is 7.40. The third kappa shape index (κ3) is 23.8. The van der Waals surface area contributed by atoms with Crippen LogP contribution in [-0.2, 0) is 9.59 Å². The van der Waals surface area contributed by atoms with E-state index in [-0.39, 0.29) is 14.3 Å². The average molecular weight is 263 g/mol. The molecule has 0 saturated carbocycles. The van der Waals surface area contributed by atoms with E-state index in [0.29, 0.717) is 5.96 Å². The molecule has 2 N–H and O–H groups in total. The zero-order chi connectivity index (χ0) is 15.3. The van der Waals surface area contributed by atoms with Gasteiger partial charge in [0.15, 0.2) is 5.96 Å². The van der Waals surface area contributed by atoms with Crippen molar-refractivity contribution < 1.29 is 21.2 Å². The van der Waals surface area contributed by atoms with Crippen molar-refractivity contribution in [2.75, 3.05) is 28.2 Å². The van der Waals surface area contributed by atoms with Crippen LogP contribution in [0.25, 0.3) is 0 Å². The van der Waals surface area contributed by atoms with Gasteiger partial charge in [-0.15, -0.1) is 0 Å². The van der Waals surface area contributed by atoms with Crippen molar-refractivity contribution in [3.8, 4) is 0 Å². The molecule has 0 fully saturated rings. The lowest BCUT2D eigenvalue weighted by Gasteiger charge is -2.19. The number of hydrogen-bond donors (Lipinski definition) is 2. The SMILES string of the molecule is CCC(=O)O.CCC(=O)[O-].CN(C)C(=N)N(C)C.[H+]. The third-order valence-electron chi connectivity index (χ3n) is 1.44. The topological polar surface area (TPSA) is 108 Å². The monoisotopic (exact) mass is 263 g/mol. The van der Waals surface area contributed by atoms with Gasteiger partial charge in [-0.05, 0) is 6.42 Å². The van der Waals surface area contributed by atoms with Crippen molar-refractivity contribution in [3.63, 3.8) is 0 Å². The lowest BCUT2D eigenvalue weighted by molar-refractivity contribution is -0.305. The van der Waals surface area contributed by atoms with Crippen molar-refractivity contribution in [2.24, 2.45) is 0 Å². The molecule has 0 heterocycles. The summed E-state index contributed by atoms with van der Waals surface area (Å²) in [6.07, 6.45) is 0.333. The number of carboxylic acid groups (broad SMARTS) is 2. The fourth-order valence-corrected chi connectivity index (χ4v) is 0.400. The Morgan fingerprint density at radius 1 is 1.11 bits per heavy atom. The van der Waals surface area contributed by atoms with Gasteiger partial charge in [0.1, 0.15) is 0 Å². The van der Waals surface area contributed by atoms with Crippen LogP contribution in [0.15, 0.2) is 0 Å². The highest BCUT2D eigenvalue weighted by Crippen LogP contribution is 1.80. The van der Waals surface area contributed by atoms with E-state index < -0.39 is 11.9 Å². The van der Waals surface area contributed by atoms with Crippen LogP contribution in [0.2, 0.25) is 0 Å². The first-order valence-electron chi connectivity index (χ1n) is 5.44. The summed E-state index contributed by atoms with van der Waals surface area (Å²) in [5.41, 5.74) is 0. The fourth-order valence-electron chi connectivity index (χ4n) is 0.400. The molecule has 7 nitrogen and oxygen atoms in total. The highest BCUT2D eigenvalue weighted by Gasteiger charge is 1.97. The van der Waals surface area contributed by atoms with Gasteiger partial charge in [-0.3, -0.25) is 10.2 Å². The van der Waals surface area contributed by atoms with Gasteiger partial charge in [-0.25, -0.2) is 0 Å². The van der Waals surface area contributed by atoms with Crippen molar-refractivity contribution in [1.29, 1.82) is 5.41 Å². The molecule has 0 aliphatic heterocycles. The van der Waals surface area contributed by atoms with E-state index in [1.807, 2.05) is 28.2 Å². The molecule has 0 aromatic carbocycles. The minimum atomic E-state index is -0.995. The zero-order valence-corrected chi connectivity index (χ0v) is 12.0. The maximum Gasteiger partial charge on any atom is 1.00 e. The molecule has 0 aromatic rings. The van der Waals surface area contributed by atoms with Crippen LogP contribution < -0.4 is 5.11 Å². The van der Waals surface area contributed by atoms with Crippen LogP contribution in [0.5, 0.6) is 0 Å². The lowest BCUT2D eigenvalue weighted by Crippen LogP contribution is -2.34. The number of carboxylic acids is 2. The molecule has 18 heavy (non-hydrogen) atoms. The smallest absolute Gasteiger partial charge is 0.550 e. The molecule has 0 atom stereocenters. The lowest BCUT2D eigenvalue weighted by atomic mass is 10.5. The summed E-state index contributed by atoms with van der Waals surface area (Å²) in [5.74, 6) is -1.22. The molecule has 0 aliphatic carbocycles. The Bertz CT molecular complexity index is 234. The number of nitrogens with zero attached hydrogens (tertiary/aromatic N) is 2. The van der Waals surface area contributed by atoms with Crippen molar-refractivity contribution in [1.82, 2.24) is 9.80 Å². The number of aliphatic carboxylic acids is 2. The van der Waals surface area contributed by atoms with Gasteiger partial charge < -0.3 is 24.8 Å². The van der Waals surface area contributed by atoms with Gasteiger partial charge in [0.25, 0.3) is 0 Å². The van der Waals surface area contributed by atoms with Crippen LogP contribution in [0, 0.1) is 5.41 Å². The summed E-state index contributed by atoms with van der Waals surface area (Å²) in [6.45, 7) is 3.14. The Kier molecular flexibility index (Phi) is 15.8. The van der Waals surface area contributed by atoms with E-state index in [0.717, 1.165) is 0 Å². The number of hydrogen-bond acceptors (Lipinski definition) is 4. The summed E-state index contributed by atoms with van der Waals surface area (Å²) in [5, 5.41) is 24.2. The highest BCUT2D eigenvalue weighted by molar-refractivity contribution is 5.75. The molecule has 0 rings (SSSR count). The zero-order valence-electron chi connectivity index (χ0n) is 13.0. The second-order valence-electron chi connectivity index (χ2n) is 3.59. The number of guanidine groups is 1. The largest absolute Gasteiger partial charge is 1.00 e. The maximum absolute atomic E-state index is 9.37. The summed E-state index contributed by atoms with van der Waals surface area (Å²) < 4.78 is 0. The van der Waals surface area contributed by atoms with Gasteiger partial charge in [0.2, 0.25) is 0 Å². The van der Waals surface area contributed by atoms with Gasteiger partial charge in [0, 0.05) is 40.6 Å². The Morgan fingerprint density at radius 2 is 1.33 bits per heavy atom. The molecule has 108 valence electrons. The van der Waals surface area contributed by atoms with Gasteiger partial charge in [-0.2, -0.15) is 0 Å². The fraction of sp³-hybridized carbons (Fsp3) is 0.727. The number of carbonyl (C=O) groups is 2. The summed E-state index contributed by atoms with van der Waals surface area (Å²) in [6, 6.07) is 0. The molecule has 0 amide bonds. The van der Waals surface area contributed by atoms with E-state index in [9.17, 15) is 14.7 Å². The molecular formula is C11H25N3O4. The van der Waals surface area contributed by atoms with Crippen LogP contribution in [0.1, 0.15) is 28.1 Å².